The van der Waals surface area contributed by atoms with Crippen molar-refractivity contribution in [2.75, 3.05) is 27.4 Å². The third-order valence-corrected chi connectivity index (χ3v) is 9.09. The summed E-state index contributed by atoms with van der Waals surface area (Å²) in [6.07, 6.45) is 1.72. The molecule has 1 atom stereocenters. The molecular weight excluding hydrogens is 706 g/mol. The minimum Gasteiger partial charge on any atom is -0.493 e. The Bertz CT molecular complexity index is 2090. The Morgan fingerprint density at radius 3 is 2.35 bits per heavy atom. The zero-order chi connectivity index (χ0) is 34.5. The molecular formula is C34H32BrN3O9S. The second-order valence-corrected chi connectivity index (χ2v) is 12.2. The van der Waals surface area contributed by atoms with Gasteiger partial charge in [-0.15, -0.1) is 0 Å². The Labute approximate surface area is 287 Å². The maximum absolute atomic E-state index is 14.2. The van der Waals surface area contributed by atoms with E-state index in [9.17, 15) is 19.7 Å². The normalized spacial score (nSPS) is 14.2. The van der Waals surface area contributed by atoms with Crippen LogP contribution in [0.25, 0.3) is 6.08 Å². The van der Waals surface area contributed by atoms with Crippen LogP contribution in [0.1, 0.15) is 43.5 Å². The lowest BCUT2D eigenvalue weighted by molar-refractivity contribution is -0.384. The fourth-order valence-corrected chi connectivity index (χ4v) is 6.78. The Kier molecular flexibility index (Phi) is 10.6. The summed E-state index contributed by atoms with van der Waals surface area (Å²) in [5.74, 6) is 1.26. The molecule has 0 saturated carbocycles. The zero-order valence-corrected chi connectivity index (χ0v) is 29.2. The molecule has 0 fully saturated rings. The van der Waals surface area contributed by atoms with Crippen molar-refractivity contribution >= 4 is 45.0 Å². The van der Waals surface area contributed by atoms with Gasteiger partial charge in [-0.1, -0.05) is 33.3 Å². The third kappa shape index (κ3) is 6.99. The van der Waals surface area contributed by atoms with Gasteiger partial charge in [0, 0.05) is 16.6 Å². The lowest BCUT2D eigenvalue weighted by atomic mass is 9.95. The molecule has 0 unspecified atom stereocenters. The fraction of sp³-hybridized carbons (Fsp3) is 0.265. The van der Waals surface area contributed by atoms with Crippen LogP contribution in [0.5, 0.6) is 23.0 Å². The number of allylic oxidation sites excluding steroid dienone is 1. The highest BCUT2D eigenvalue weighted by atomic mass is 79.9. The quantitative estimate of drug-likeness (QED) is 0.105. The van der Waals surface area contributed by atoms with E-state index in [0.29, 0.717) is 60.2 Å². The predicted molar refractivity (Wildman–Crippen MR) is 183 cm³/mol. The van der Waals surface area contributed by atoms with Crippen molar-refractivity contribution in [3.63, 3.8) is 0 Å². The van der Waals surface area contributed by atoms with Gasteiger partial charge in [0.15, 0.2) is 27.8 Å². The van der Waals surface area contributed by atoms with E-state index in [0.717, 1.165) is 5.56 Å². The number of ether oxygens (including phenoxy) is 5. The van der Waals surface area contributed by atoms with Crippen LogP contribution in [0.2, 0.25) is 0 Å². The summed E-state index contributed by atoms with van der Waals surface area (Å²) in [6.45, 7) is 6.03. The minimum absolute atomic E-state index is 0.00333. The average molecular weight is 739 g/mol. The van der Waals surface area contributed by atoms with Crippen LogP contribution in [0.4, 0.5) is 5.69 Å². The van der Waals surface area contributed by atoms with Gasteiger partial charge < -0.3 is 23.7 Å². The topological polar surface area (TPSA) is 141 Å². The molecule has 0 radical (unpaired) electrons. The number of carbonyl (C=O) groups excluding carboxylic acids is 1. The number of hydrogen-bond acceptors (Lipinski definition) is 11. The highest BCUT2D eigenvalue weighted by Crippen LogP contribution is 2.41. The van der Waals surface area contributed by atoms with E-state index in [1.807, 2.05) is 6.92 Å². The molecule has 1 aromatic heterocycles. The average Bonchev–Trinajstić information content (AvgIpc) is 3.37. The van der Waals surface area contributed by atoms with Gasteiger partial charge in [0.25, 0.3) is 11.2 Å². The number of carbonyl (C=O) groups is 1. The van der Waals surface area contributed by atoms with Crippen molar-refractivity contribution in [1.29, 1.82) is 0 Å². The molecule has 2 heterocycles. The first-order chi connectivity index (χ1) is 23.1. The molecule has 0 spiro atoms. The van der Waals surface area contributed by atoms with Crippen LogP contribution < -0.4 is 33.8 Å². The summed E-state index contributed by atoms with van der Waals surface area (Å²) in [4.78, 5) is 43.1. The van der Waals surface area contributed by atoms with Crippen LogP contribution in [-0.4, -0.2) is 42.9 Å². The van der Waals surface area contributed by atoms with Crippen molar-refractivity contribution in [2.24, 2.45) is 4.99 Å². The minimum atomic E-state index is -0.869. The van der Waals surface area contributed by atoms with E-state index >= 15 is 0 Å². The summed E-state index contributed by atoms with van der Waals surface area (Å²) in [5, 5.41) is 10.9. The zero-order valence-electron chi connectivity index (χ0n) is 26.8. The van der Waals surface area contributed by atoms with E-state index in [1.54, 1.807) is 62.4 Å². The van der Waals surface area contributed by atoms with Crippen molar-refractivity contribution in [2.45, 2.75) is 33.4 Å². The molecule has 0 N–H and O–H groups in total. The molecule has 12 nitrogen and oxygen atoms in total. The van der Waals surface area contributed by atoms with E-state index in [1.165, 1.54) is 42.3 Å². The number of fused-ring (bicyclic) bond motifs is 1. The second kappa shape index (κ2) is 14.9. The number of benzene rings is 3. The van der Waals surface area contributed by atoms with Crippen LogP contribution in [-0.2, 0) is 16.1 Å². The number of thiazole rings is 1. The number of nitro groups is 1. The van der Waals surface area contributed by atoms with E-state index in [4.69, 9.17) is 23.7 Å². The number of halogens is 1. The van der Waals surface area contributed by atoms with Crippen LogP contribution in [0.3, 0.4) is 0 Å². The molecule has 250 valence electrons. The first-order valence-electron chi connectivity index (χ1n) is 14.8. The first kappa shape index (κ1) is 34.4. The third-order valence-electron chi connectivity index (χ3n) is 7.42. The maximum Gasteiger partial charge on any atom is 0.338 e. The van der Waals surface area contributed by atoms with Gasteiger partial charge in [-0.3, -0.25) is 19.5 Å². The highest BCUT2D eigenvalue weighted by Gasteiger charge is 2.35. The van der Waals surface area contributed by atoms with Crippen LogP contribution in [0.15, 0.2) is 80.1 Å². The monoisotopic (exact) mass is 737 g/mol. The van der Waals surface area contributed by atoms with Crippen LogP contribution >= 0.6 is 27.3 Å². The largest absolute Gasteiger partial charge is 0.493 e. The Morgan fingerprint density at radius 1 is 1.00 bits per heavy atom. The molecule has 14 heteroatoms. The summed E-state index contributed by atoms with van der Waals surface area (Å²) in [6, 6.07) is 14.0. The standard InChI is InChI=1S/C34H32BrN3O9S/c1-6-45-28-17-24(35)23(16-27(28)44-5)31-30(33(40)46-7-2)19(3)36-34-37(31)32(39)29(48-34)15-21-10-13-25(26(14-21)43-4)47-18-20-8-11-22(12-9-20)38(41)42/h8-17,31H,6-7,18H2,1-5H3/b29-15+/t31-/m1/s1. The number of nitro benzene ring substituents is 1. The fourth-order valence-electron chi connectivity index (χ4n) is 5.19. The van der Waals surface area contributed by atoms with Gasteiger partial charge in [0.2, 0.25) is 0 Å². The number of aromatic nitrogens is 1. The molecule has 4 aromatic rings. The van der Waals surface area contributed by atoms with E-state index in [2.05, 4.69) is 20.9 Å². The summed E-state index contributed by atoms with van der Waals surface area (Å²) < 4.78 is 30.7. The SMILES string of the molecule is CCOC(=O)C1=C(C)N=c2s/c(=C/c3ccc(OCc4ccc([N+](=O)[O-])cc4)c(OC)c3)c(=O)n2[C@@H]1c1cc(OC)c(OCC)cc1Br. The van der Waals surface area contributed by atoms with Crippen LogP contribution in [0, 0.1) is 10.1 Å². The summed E-state index contributed by atoms with van der Waals surface area (Å²) in [7, 11) is 3.03. The number of esters is 1. The summed E-state index contributed by atoms with van der Waals surface area (Å²) in [5.41, 5.74) is 2.32. The van der Waals surface area contributed by atoms with Gasteiger partial charge >= 0.3 is 5.97 Å². The second-order valence-electron chi connectivity index (χ2n) is 10.4. The molecule has 0 saturated heterocycles. The van der Waals surface area contributed by atoms with Gasteiger partial charge in [-0.05, 0) is 79.9 Å². The first-order valence-corrected chi connectivity index (χ1v) is 16.4. The highest BCUT2D eigenvalue weighted by molar-refractivity contribution is 9.10. The molecule has 48 heavy (non-hydrogen) atoms. The molecule has 5 rings (SSSR count). The number of rotatable bonds is 12. The molecule has 1 aliphatic heterocycles. The van der Waals surface area contributed by atoms with Gasteiger partial charge in [-0.25, -0.2) is 9.79 Å². The van der Waals surface area contributed by atoms with E-state index < -0.39 is 16.9 Å². The number of non-ortho nitro benzene ring substituents is 1. The van der Waals surface area contributed by atoms with Gasteiger partial charge in [0.1, 0.15) is 6.61 Å². The van der Waals surface area contributed by atoms with E-state index in [-0.39, 0.29) is 30.0 Å². The van der Waals surface area contributed by atoms with Crippen molar-refractivity contribution in [1.82, 2.24) is 4.57 Å². The number of methoxy groups -OCH3 is 2. The van der Waals surface area contributed by atoms with Gasteiger partial charge in [-0.2, -0.15) is 0 Å². The Hall–Kier alpha value is -4.95. The molecule has 0 bridgehead atoms. The maximum atomic E-state index is 14.2. The Balaban J connectivity index is 1.56. The van der Waals surface area contributed by atoms with Crippen molar-refractivity contribution < 1.29 is 33.4 Å². The Morgan fingerprint density at radius 2 is 1.71 bits per heavy atom. The molecule has 3 aromatic carbocycles. The lowest BCUT2D eigenvalue weighted by Gasteiger charge is -2.26. The lowest BCUT2D eigenvalue weighted by Crippen LogP contribution is -2.40. The number of hydrogen-bond donors (Lipinski definition) is 0. The van der Waals surface area contributed by atoms with Gasteiger partial charge in [0.05, 0.1) is 54.2 Å². The molecule has 0 amide bonds. The smallest absolute Gasteiger partial charge is 0.338 e. The summed E-state index contributed by atoms with van der Waals surface area (Å²) >= 11 is 4.83. The molecule has 1 aliphatic rings. The number of nitrogens with zero attached hydrogens (tertiary/aromatic N) is 3. The predicted octanol–water partition coefficient (Wildman–Crippen LogP) is 5.46. The van der Waals surface area contributed by atoms with Crippen molar-refractivity contribution in [3.05, 3.63) is 117 Å². The molecule has 0 aliphatic carbocycles. The van der Waals surface area contributed by atoms with Crippen molar-refractivity contribution in [3.8, 4) is 23.0 Å².